The molecule has 0 aliphatic heterocycles. The molecule has 0 amide bonds. The van der Waals surface area contributed by atoms with Crippen LogP contribution in [0.1, 0.15) is 38.1 Å². The van der Waals surface area contributed by atoms with Gasteiger partial charge in [0.2, 0.25) is 0 Å². The number of aromatic nitrogens is 3. The van der Waals surface area contributed by atoms with E-state index in [1.807, 2.05) is 30.3 Å². The van der Waals surface area contributed by atoms with E-state index in [9.17, 15) is 9.90 Å². The molecule has 3 rings (SSSR count). The highest BCUT2D eigenvalue weighted by Crippen LogP contribution is 2.36. The van der Waals surface area contributed by atoms with Gasteiger partial charge in [-0.1, -0.05) is 37.3 Å². The fourth-order valence-corrected chi connectivity index (χ4v) is 4.18. The van der Waals surface area contributed by atoms with E-state index in [1.165, 1.54) is 6.33 Å². The molecule has 0 fully saturated rings. The fraction of sp³-hybridized carbons (Fsp3) is 0.350. The van der Waals surface area contributed by atoms with Crippen molar-refractivity contribution < 1.29 is 9.90 Å². The average Bonchev–Trinajstić information content (AvgIpc) is 2.95. The molecule has 1 unspecified atom stereocenters. The number of benzene rings is 1. The van der Waals surface area contributed by atoms with E-state index >= 15 is 0 Å². The summed E-state index contributed by atoms with van der Waals surface area (Å²) in [5.74, 6) is -0.384. The molecule has 2 aromatic heterocycles. The lowest BCUT2D eigenvalue weighted by Crippen LogP contribution is -2.32. The molecule has 0 aliphatic carbocycles. The molecule has 0 spiro atoms. The molecule has 0 radical (unpaired) electrons. The van der Waals surface area contributed by atoms with E-state index in [4.69, 9.17) is 0 Å². The molecule has 1 atom stereocenters. The van der Waals surface area contributed by atoms with E-state index in [1.54, 1.807) is 0 Å². The molecule has 142 valence electrons. The van der Waals surface area contributed by atoms with Gasteiger partial charge in [0.25, 0.3) is 0 Å². The van der Waals surface area contributed by atoms with Crippen molar-refractivity contribution in [3.63, 3.8) is 0 Å². The number of fused-ring (bicyclic) bond motifs is 1. The molecule has 27 heavy (non-hydrogen) atoms. The number of rotatable bonds is 7. The minimum atomic E-state index is -0.916. The lowest BCUT2D eigenvalue weighted by Gasteiger charge is -2.16. The zero-order valence-electron chi connectivity index (χ0n) is 15.6. The van der Waals surface area contributed by atoms with Gasteiger partial charge >= 0.3 is 5.97 Å². The van der Waals surface area contributed by atoms with E-state index in [0.717, 1.165) is 33.2 Å². The first-order valence-corrected chi connectivity index (χ1v) is 9.79. The summed E-state index contributed by atoms with van der Waals surface area (Å²) in [6.45, 7) is 6.30. The first-order chi connectivity index (χ1) is 12.9. The highest BCUT2D eigenvalue weighted by molar-refractivity contribution is 9.10. The maximum absolute atomic E-state index is 11.8. The third-order valence-corrected chi connectivity index (χ3v) is 5.42. The number of nitrogens with one attached hydrogen (secondary N) is 1. The maximum Gasteiger partial charge on any atom is 0.326 e. The second kappa shape index (κ2) is 8.08. The molecule has 2 N–H and O–H groups in total. The Kier molecular flexibility index (Phi) is 5.79. The van der Waals surface area contributed by atoms with Crippen molar-refractivity contribution in [2.24, 2.45) is 0 Å². The lowest BCUT2D eigenvalue weighted by molar-refractivity contribution is -0.137. The summed E-state index contributed by atoms with van der Waals surface area (Å²) in [5.41, 5.74) is 2.88. The molecule has 7 heteroatoms. The molecule has 0 saturated heterocycles. The number of carbonyl (C=O) groups is 1. The smallest absolute Gasteiger partial charge is 0.326 e. The van der Waals surface area contributed by atoms with Gasteiger partial charge in [0.1, 0.15) is 23.8 Å². The summed E-state index contributed by atoms with van der Waals surface area (Å²) in [7, 11) is 0. The van der Waals surface area contributed by atoms with Gasteiger partial charge in [-0.3, -0.25) is 0 Å². The predicted molar refractivity (Wildman–Crippen MR) is 110 cm³/mol. The molecule has 0 aliphatic rings. The van der Waals surface area contributed by atoms with Crippen LogP contribution in [0.3, 0.4) is 0 Å². The van der Waals surface area contributed by atoms with Gasteiger partial charge < -0.3 is 15.0 Å². The van der Waals surface area contributed by atoms with E-state index in [2.05, 4.69) is 56.6 Å². The largest absolute Gasteiger partial charge is 0.480 e. The highest BCUT2D eigenvalue weighted by Gasteiger charge is 2.24. The quantitative estimate of drug-likeness (QED) is 0.578. The standard InChI is InChI=1S/C20H23BrN4O2/c1-4-15-17(21)16-18(22-11-23-19(16)25(15)12(2)3)24-14(20(26)27)10-13-8-6-5-7-9-13/h5-9,11-12,14H,4,10H2,1-3H3,(H,26,27)(H,22,23,24). The average molecular weight is 431 g/mol. The van der Waals surface area contributed by atoms with Gasteiger partial charge in [-0.25, -0.2) is 14.8 Å². The van der Waals surface area contributed by atoms with Crippen molar-refractivity contribution in [1.82, 2.24) is 14.5 Å². The zero-order chi connectivity index (χ0) is 19.6. The molecule has 1 aromatic carbocycles. The van der Waals surface area contributed by atoms with Crippen molar-refractivity contribution >= 4 is 38.8 Å². The molecular formula is C20H23BrN4O2. The minimum absolute atomic E-state index is 0.232. The van der Waals surface area contributed by atoms with Gasteiger partial charge in [-0.05, 0) is 41.8 Å². The Balaban J connectivity index is 2.04. The van der Waals surface area contributed by atoms with Crippen LogP contribution in [0.4, 0.5) is 5.82 Å². The SMILES string of the molecule is CCc1c(Br)c2c(NC(Cc3ccccc3)C(=O)O)ncnc2n1C(C)C. The summed E-state index contributed by atoms with van der Waals surface area (Å²) in [5, 5.41) is 13.7. The molecular weight excluding hydrogens is 408 g/mol. The lowest BCUT2D eigenvalue weighted by atomic mass is 10.1. The second-order valence-electron chi connectivity index (χ2n) is 6.72. The summed E-state index contributed by atoms with van der Waals surface area (Å²) in [6, 6.07) is 9.02. The number of carboxylic acid groups (broad SMARTS) is 1. The van der Waals surface area contributed by atoms with Gasteiger partial charge in [-0.2, -0.15) is 0 Å². The normalized spacial score (nSPS) is 12.5. The van der Waals surface area contributed by atoms with Crippen LogP contribution in [0.25, 0.3) is 11.0 Å². The third kappa shape index (κ3) is 3.83. The summed E-state index contributed by atoms with van der Waals surface area (Å²) in [4.78, 5) is 20.7. The first kappa shape index (κ1) is 19.4. The van der Waals surface area contributed by atoms with Crippen molar-refractivity contribution in [2.45, 2.75) is 45.7 Å². The van der Waals surface area contributed by atoms with Crippen LogP contribution in [0.2, 0.25) is 0 Å². The number of carboxylic acids is 1. The molecule has 0 bridgehead atoms. The van der Waals surface area contributed by atoms with E-state index in [-0.39, 0.29) is 6.04 Å². The maximum atomic E-state index is 11.8. The predicted octanol–water partition coefficient (Wildman–Crippen LogP) is 4.44. The topological polar surface area (TPSA) is 80.0 Å². The van der Waals surface area contributed by atoms with Crippen LogP contribution in [0.5, 0.6) is 0 Å². The summed E-state index contributed by atoms with van der Waals surface area (Å²) < 4.78 is 3.08. The number of halogens is 1. The van der Waals surface area contributed by atoms with Gasteiger partial charge in [0.05, 0.1) is 9.86 Å². The van der Waals surface area contributed by atoms with Gasteiger partial charge in [0, 0.05) is 18.2 Å². The van der Waals surface area contributed by atoms with E-state index < -0.39 is 12.0 Å². The number of aliphatic carboxylic acids is 1. The van der Waals surface area contributed by atoms with Crippen molar-refractivity contribution in [2.75, 3.05) is 5.32 Å². The molecule has 3 aromatic rings. The monoisotopic (exact) mass is 430 g/mol. The van der Waals surface area contributed by atoms with Crippen LogP contribution >= 0.6 is 15.9 Å². The van der Waals surface area contributed by atoms with Gasteiger partial charge in [0.15, 0.2) is 0 Å². The van der Waals surface area contributed by atoms with Crippen LogP contribution in [0, 0.1) is 0 Å². The molecule has 0 saturated carbocycles. The Hall–Kier alpha value is -2.41. The first-order valence-electron chi connectivity index (χ1n) is 9.00. The highest BCUT2D eigenvalue weighted by atomic mass is 79.9. The Morgan fingerprint density at radius 1 is 1.26 bits per heavy atom. The Bertz CT molecular complexity index is 954. The van der Waals surface area contributed by atoms with Crippen LogP contribution < -0.4 is 5.32 Å². The molecule has 6 nitrogen and oxygen atoms in total. The minimum Gasteiger partial charge on any atom is -0.480 e. The van der Waals surface area contributed by atoms with Crippen molar-refractivity contribution in [3.05, 3.63) is 52.4 Å². The number of anilines is 1. The van der Waals surface area contributed by atoms with Crippen molar-refractivity contribution in [1.29, 1.82) is 0 Å². The van der Waals surface area contributed by atoms with Crippen LogP contribution in [-0.2, 0) is 17.6 Å². The molecule has 2 heterocycles. The zero-order valence-corrected chi connectivity index (χ0v) is 17.2. The van der Waals surface area contributed by atoms with Crippen LogP contribution in [0.15, 0.2) is 41.1 Å². The van der Waals surface area contributed by atoms with E-state index in [0.29, 0.717) is 12.2 Å². The number of nitrogens with zero attached hydrogens (tertiary/aromatic N) is 3. The Morgan fingerprint density at radius 2 is 1.96 bits per heavy atom. The Morgan fingerprint density at radius 3 is 2.56 bits per heavy atom. The second-order valence-corrected chi connectivity index (χ2v) is 7.52. The number of hydrogen-bond donors (Lipinski definition) is 2. The fourth-order valence-electron chi connectivity index (χ4n) is 3.35. The summed E-state index contributed by atoms with van der Waals surface area (Å²) >= 11 is 3.69. The van der Waals surface area contributed by atoms with Crippen molar-refractivity contribution in [3.8, 4) is 0 Å². The Labute approximate surface area is 166 Å². The van der Waals surface area contributed by atoms with Crippen LogP contribution in [-0.4, -0.2) is 31.7 Å². The number of hydrogen-bond acceptors (Lipinski definition) is 4. The van der Waals surface area contributed by atoms with Gasteiger partial charge in [-0.15, -0.1) is 0 Å². The summed E-state index contributed by atoms with van der Waals surface area (Å²) in [6.07, 6.45) is 2.68. The third-order valence-electron chi connectivity index (χ3n) is 4.56.